The summed E-state index contributed by atoms with van der Waals surface area (Å²) >= 11 is 0. The number of nitrogen functional groups attached to an aromatic ring is 1. The summed E-state index contributed by atoms with van der Waals surface area (Å²) in [6.45, 7) is 5.69. The second kappa shape index (κ2) is 4.61. The number of anilines is 1. The topological polar surface area (TPSA) is 46.6 Å². The van der Waals surface area contributed by atoms with Crippen LogP contribution in [-0.4, -0.2) is 33.9 Å². The van der Waals surface area contributed by atoms with Gasteiger partial charge < -0.3 is 15.0 Å². The number of nitrogens with zero attached hydrogens (tertiary/aromatic N) is 3. The van der Waals surface area contributed by atoms with Crippen LogP contribution < -0.4 is 5.73 Å². The van der Waals surface area contributed by atoms with E-state index >= 15 is 0 Å². The Hall–Kier alpha value is -1.55. The van der Waals surface area contributed by atoms with Crippen molar-refractivity contribution in [3.05, 3.63) is 30.4 Å². The van der Waals surface area contributed by atoms with E-state index in [0.717, 1.165) is 30.1 Å². The van der Waals surface area contributed by atoms with Crippen molar-refractivity contribution in [2.45, 2.75) is 25.7 Å². The van der Waals surface area contributed by atoms with E-state index in [0.29, 0.717) is 5.92 Å². The fourth-order valence-corrected chi connectivity index (χ4v) is 2.92. The third-order valence-corrected chi connectivity index (χ3v) is 3.95. The van der Waals surface area contributed by atoms with Gasteiger partial charge in [0.05, 0.1) is 17.4 Å². The molecule has 2 aromatic rings. The maximum absolute atomic E-state index is 5.98. The molecule has 0 radical (unpaired) electrons. The smallest absolute Gasteiger partial charge is 0.117 e. The number of likely N-dealkylation sites (N-methyl/N-ethyl adjacent to an activating group) is 1. The van der Waals surface area contributed by atoms with Crippen molar-refractivity contribution in [2.75, 3.05) is 25.4 Å². The summed E-state index contributed by atoms with van der Waals surface area (Å²) in [7, 11) is 0. The Labute approximate surface area is 107 Å². The van der Waals surface area contributed by atoms with Gasteiger partial charge in [0, 0.05) is 18.7 Å². The molecule has 0 amide bonds. The summed E-state index contributed by atoms with van der Waals surface area (Å²) in [4.78, 5) is 7.11. The predicted octanol–water partition coefficient (Wildman–Crippen LogP) is 2.12. The highest BCUT2D eigenvalue weighted by Crippen LogP contribution is 2.27. The molecular weight excluding hydrogens is 224 g/mol. The van der Waals surface area contributed by atoms with E-state index in [4.69, 9.17) is 5.73 Å². The molecule has 1 atom stereocenters. The second-order valence-electron chi connectivity index (χ2n) is 5.07. The highest BCUT2D eigenvalue weighted by atomic mass is 15.1. The van der Waals surface area contributed by atoms with E-state index < -0.39 is 0 Å². The zero-order chi connectivity index (χ0) is 12.5. The third kappa shape index (κ3) is 1.86. The second-order valence-corrected chi connectivity index (χ2v) is 5.07. The summed E-state index contributed by atoms with van der Waals surface area (Å²) in [5.74, 6) is 1.69. The number of fused-ring (bicyclic) bond motifs is 1. The average Bonchev–Trinajstić information content (AvgIpc) is 2.84. The number of likely N-dealkylation sites (tertiary alicyclic amines) is 1. The molecule has 4 nitrogen and oxygen atoms in total. The van der Waals surface area contributed by atoms with Crippen molar-refractivity contribution in [1.82, 2.24) is 14.3 Å². The molecule has 1 fully saturated rings. The molecule has 1 unspecified atom stereocenters. The van der Waals surface area contributed by atoms with Crippen LogP contribution in [0.25, 0.3) is 5.52 Å². The lowest BCUT2D eigenvalue weighted by molar-refractivity contribution is 0.213. The standard InChI is InChI=1S/C14H20N4/c1-2-17-7-3-5-11(10-17)14-16-9-13-12(15)6-4-8-18(13)14/h4,6,8-9,11H,2-3,5,7,10,15H2,1H3. The van der Waals surface area contributed by atoms with Gasteiger partial charge in [0.1, 0.15) is 5.82 Å². The Morgan fingerprint density at radius 2 is 2.39 bits per heavy atom. The molecule has 1 aliphatic rings. The van der Waals surface area contributed by atoms with E-state index in [1.54, 1.807) is 0 Å². The van der Waals surface area contributed by atoms with Gasteiger partial charge in [0.25, 0.3) is 0 Å². The number of hydrogen-bond acceptors (Lipinski definition) is 3. The Kier molecular flexibility index (Phi) is 2.96. The van der Waals surface area contributed by atoms with Crippen molar-refractivity contribution in [2.24, 2.45) is 0 Å². The number of nitrogens with two attached hydrogens (primary N) is 1. The molecule has 1 saturated heterocycles. The minimum atomic E-state index is 0.531. The lowest BCUT2D eigenvalue weighted by atomic mass is 9.97. The van der Waals surface area contributed by atoms with Gasteiger partial charge in [-0.15, -0.1) is 0 Å². The van der Waals surface area contributed by atoms with Crippen molar-refractivity contribution in [3.8, 4) is 0 Å². The number of imidazole rings is 1. The van der Waals surface area contributed by atoms with Gasteiger partial charge in [-0.2, -0.15) is 0 Å². The normalized spacial score (nSPS) is 21.5. The first-order valence-electron chi connectivity index (χ1n) is 6.73. The van der Waals surface area contributed by atoms with E-state index in [2.05, 4.69) is 27.4 Å². The van der Waals surface area contributed by atoms with Crippen LogP contribution in [0.2, 0.25) is 0 Å². The summed E-state index contributed by atoms with van der Waals surface area (Å²) in [5, 5.41) is 0. The maximum atomic E-state index is 5.98. The zero-order valence-corrected chi connectivity index (χ0v) is 10.8. The Bertz CT molecular complexity index is 546. The summed E-state index contributed by atoms with van der Waals surface area (Å²) in [6.07, 6.45) is 6.45. The average molecular weight is 244 g/mol. The molecule has 3 heterocycles. The molecule has 96 valence electrons. The lowest BCUT2D eigenvalue weighted by Gasteiger charge is -2.31. The van der Waals surface area contributed by atoms with Gasteiger partial charge in [0.15, 0.2) is 0 Å². The van der Waals surface area contributed by atoms with Crippen LogP contribution in [0.4, 0.5) is 5.69 Å². The van der Waals surface area contributed by atoms with Crippen LogP contribution in [0, 0.1) is 0 Å². The molecule has 0 aliphatic carbocycles. The van der Waals surface area contributed by atoms with Gasteiger partial charge >= 0.3 is 0 Å². The molecule has 1 aliphatic heterocycles. The molecule has 2 N–H and O–H groups in total. The van der Waals surface area contributed by atoms with Crippen LogP contribution in [0.5, 0.6) is 0 Å². The quantitative estimate of drug-likeness (QED) is 0.880. The SMILES string of the molecule is CCN1CCCC(c2ncc3c(N)cccn23)C1. The van der Waals surface area contributed by atoms with E-state index in [1.165, 1.54) is 19.4 Å². The van der Waals surface area contributed by atoms with E-state index in [-0.39, 0.29) is 0 Å². The molecule has 18 heavy (non-hydrogen) atoms. The van der Waals surface area contributed by atoms with Crippen LogP contribution >= 0.6 is 0 Å². The molecule has 4 heteroatoms. The molecule has 0 aromatic carbocycles. The van der Waals surface area contributed by atoms with E-state index in [1.807, 2.05) is 18.3 Å². The predicted molar refractivity (Wildman–Crippen MR) is 73.7 cm³/mol. The minimum Gasteiger partial charge on any atom is -0.397 e. The minimum absolute atomic E-state index is 0.531. The molecule has 0 saturated carbocycles. The molecular formula is C14H20N4. The molecule has 2 aromatic heterocycles. The number of aromatic nitrogens is 2. The first-order valence-corrected chi connectivity index (χ1v) is 6.73. The Morgan fingerprint density at radius 1 is 1.50 bits per heavy atom. The van der Waals surface area contributed by atoms with Crippen molar-refractivity contribution in [3.63, 3.8) is 0 Å². The largest absolute Gasteiger partial charge is 0.397 e. The zero-order valence-electron chi connectivity index (χ0n) is 10.8. The molecule has 0 spiro atoms. The number of piperidine rings is 1. The number of pyridine rings is 1. The summed E-state index contributed by atoms with van der Waals surface area (Å²) in [6, 6.07) is 3.92. The van der Waals surface area contributed by atoms with Gasteiger partial charge in [-0.3, -0.25) is 0 Å². The Balaban J connectivity index is 1.96. The first-order chi connectivity index (χ1) is 8.79. The first kappa shape index (κ1) is 11.5. The molecule has 0 bridgehead atoms. The number of rotatable bonds is 2. The fraction of sp³-hybridized carbons (Fsp3) is 0.500. The van der Waals surface area contributed by atoms with Crippen LogP contribution in [-0.2, 0) is 0 Å². The fourth-order valence-electron chi connectivity index (χ4n) is 2.92. The van der Waals surface area contributed by atoms with E-state index in [9.17, 15) is 0 Å². The van der Waals surface area contributed by atoms with Crippen LogP contribution in [0.1, 0.15) is 31.5 Å². The summed E-state index contributed by atoms with van der Waals surface area (Å²) in [5.41, 5.74) is 7.82. The highest BCUT2D eigenvalue weighted by Gasteiger charge is 2.23. The van der Waals surface area contributed by atoms with Gasteiger partial charge in [-0.1, -0.05) is 6.92 Å². The van der Waals surface area contributed by atoms with Gasteiger partial charge in [0.2, 0.25) is 0 Å². The van der Waals surface area contributed by atoms with Crippen LogP contribution in [0.3, 0.4) is 0 Å². The monoisotopic (exact) mass is 244 g/mol. The maximum Gasteiger partial charge on any atom is 0.117 e. The third-order valence-electron chi connectivity index (χ3n) is 3.95. The highest BCUT2D eigenvalue weighted by molar-refractivity contribution is 5.68. The lowest BCUT2D eigenvalue weighted by Crippen LogP contribution is -2.34. The van der Waals surface area contributed by atoms with Crippen molar-refractivity contribution >= 4 is 11.2 Å². The van der Waals surface area contributed by atoms with Gasteiger partial charge in [-0.25, -0.2) is 4.98 Å². The van der Waals surface area contributed by atoms with Gasteiger partial charge in [-0.05, 0) is 38.1 Å². The molecule has 3 rings (SSSR count). The number of hydrogen-bond donors (Lipinski definition) is 1. The van der Waals surface area contributed by atoms with Crippen molar-refractivity contribution in [1.29, 1.82) is 0 Å². The van der Waals surface area contributed by atoms with Crippen molar-refractivity contribution < 1.29 is 0 Å². The van der Waals surface area contributed by atoms with Crippen LogP contribution in [0.15, 0.2) is 24.5 Å². The summed E-state index contributed by atoms with van der Waals surface area (Å²) < 4.78 is 2.15. The Morgan fingerprint density at radius 3 is 3.22 bits per heavy atom.